The molecule has 1 aromatic carbocycles. The second kappa shape index (κ2) is 7.22. The third-order valence-corrected chi connectivity index (χ3v) is 9.59. The van der Waals surface area contributed by atoms with Crippen LogP contribution in [0.4, 0.5) is 5.69 Å². The highest BCUT2D eigenvalue weighted by Gasteiger charge is 2.60. The van der Waals surface area contributed by atoms with Crippen LogP contribution in [0.1, 0.15) is 52.4 Å². The van der Waals surface area contributed by atoms with E-state index in [-0.39, 0.29) is 34.6 Å². The summed E-state index contributed by atoms with van der Waals surface area (Å²) in [6, 6.07) is 8.12. The smallest absolute Gasteiger partial charge is 0.243 e. The Labute approximate surface area is 187 Å². The molecule has 0 bridgehead atoms. The van der Waals surface area contributed by atoms with E-state index >= 15 is 0 Å². The Morgan fingerprint density at radius 1 is 1.13 bits per heavy atom. The first-order valence-corrected chi connectivity index (χ1v) is 12.2. The molecule has 2 amide bonds. The van der Waals surface area contributed by atoms with Gasteiger partial charge < -0.3 is 10.6 Å². The fourth-order valence-corrected chi connectivity index (χ4v) is 7.96. The van der Waals surface area contributed by atoms with Gasteiger partial charge in [0.1, 0.15) is 0 Å². The third-order valence-electron chi connectivity index (χ3n) is 9.09. The van der Waals surface area contributed by atoms with E-state index in [2.05, 4.69) is 46.5 Å². The van der Waals surface area contributed by atoms with Gasteiger partial charge in [0.15, 0.2) is 0 Å². The molecular formula is C25H31BrN2O2. The minimum Gasteiger partial charge on any atom is -0.349 e. The van der Waals surface area contributed by atoms with Gasteiger partial charge in [-0.15, -0.1) is 0 Å². The second-order valence-corrected chi connectivity index (χ2v) is 11.3. The standard InChI is InChI=1S/C25H31BrN2O2/c1-24-12-10-19-17(6-9-21-25(19,2)13-11-22(29)28-21)18(24)7-8-20(24)23(30)27-16-5-3-4-15(26)14-16/h3-5,11,13-14,17-21H,6-10,12H2,1-2H3,(H,27,30)(H,28,29)/t17-,18-,19-,20+,21+,24-,25+/m0/s1. The van der Waals surface area contributed by atoms with Crippen molar-refractivity contribution in [3.8, 4) is 0 Å². The number of anilines is 1. The molecule has 5 heteroatoms. The van der Waals surface area contributed by atoms with Gasteiger partial charge in [-0.25, -0.2) is 0 Å². The minimum atomic E-state index is 0.0504. The molecule has 0 saturated heterocycles. The number of fused-ring (bicyclic) bond motifs is 5. The number of nitrogens with one attached hydrogen (secondary N) is 2. The zero-order chi connectivity index (χ0) is 21.1. The van der Waals surface area contributed by atoms with Crippen molar-refractivity contribution in [1.82, 2.24) is 5.32 Å². The van der Waals surface area contributed by atoms with E-state index in [0.717, 1.165) is 42.3 Å². The number of amides is 2. The van der Waals surface area contributed by atoms with Crippen LogP contribution >= 0.6 is 15.9 Å². The van der Waals surface area contributed by atoms with E-state index in [1.54, 1.807) is 6.08 Å². The van der Waals surface area contributed by atoms with Crippen LogP contribution in [0.25, 0.3) is 0 Å². The van der Waals surface area contributed by atoms with Crippen LogP contribution in [-0.4, -0.2) is 17.9 Å². The van der Waals surface area contributed by atoms with Gasteiger partial charge in [-0.05, 0) is 86.0 Å². The van der Waals surface area contributed by atoms with Crippen molar-refractivity contribution in [2.24, 2.45) is 34.5 Å². The highest BCUT2D eigenvalue weighted by molar-refractivity contribution is 9.10. The lowest BCUT2D eigenvalue weighted by molar-refractivity contribution is -0.129. The predicted octanol–water partition coefficient (Wildman–Crippen LogP) is 5.30. The quantitative estimate of drug-likeness (QED) is 0.615. The summed E-state index contributed by atoms with van der Waals surface area (Å²) in [5.74, 6) is 2.15. The number of carbonyl (C=O) groups is 2. The molecule has 4 nitrogen and oxygen atoms in total. The second-order valence-electron chi connectivity index (χ2n) is 10.4. The molecular weight excluding hydrogens is 440 g/mol. The van der Waals surface area contributed by atoms with Gasteiger partial charge in [0.2, 0.25) is 11.8 Å². The van der Waals surface area contributed by atoms with Crippen LogP contribution in [0.2, 0.25) is 0 Å². The Kier molecular flexibility index (Phi) is 4.88. The largest absolute Gasteiger partial charge is 0.349 e. The van der Waals surface area contributed by atoms with Gasteiger partial charge >= 0.3 is 0 Å². The molecule has 1 aromatic rings. The molecule has 3 saturated carbocycles. The molecule has 0 radical (unpaired) electrons. The summed E-state index contributed by atoms with van der Waals surface area (Å²) in [5, 5.41) is 6.41. The lowest BCUT2D eigenvalue weighted by Crippen LogP contribution is -2.59. The van der Waals surface area contributed by atoms with Crippen molar-refractivity contribution in [1.29, 1.82) is 0 Å². The monoisotopic (exact) mass is 470 g/mol. The van der Waals surface area contributed by atoms with E-state index in [9.17, 15) is 9.59 Å². The molecule has 7 atom stereocenters. The van der Waals surface area contributed by atoms with E-state index in [1.165, 1.54) is 6.42 Å². The van der Waals surface area contributed by atoms with Crippen molar-refractivity contribution in [3.63, 3.8) is 0 Å². The van der Waals surface area contributed by atoms with Crippen LogP contribution < -0.4 is 10.6 Å². The summed E-state index contributed by atoms with van der Waals surface area (Å²) in [7, 11) is 0. The lowest BCUT2D eigenvalue weighted by Gasteiger charge is -2.58. The maximum Gasteiger partial charge on any atom is 0.243 e. The Bertz CT molecular complexity index is 914. The number of hydrogen-bond donors (Lipinski definition) is 2. The Hall–Kier alpha value is -1.62. The third kappa shape index (κ3) is 3.07. The zero-order valence-corrected chi connectivity index (χ0v) is 19.4. The average molecular weight is 471 g/mol. The van der Waals surface area contributed by atoms with Crippen LogP contribution in [0, 0.1) is 34.5 Å². The van der Waals surface area contributed by atoms with Gasteiger partial charge in [-0.3, -0.25) is 9.59 Å². The van der Waals surface area contributed by atoms with E-state index in [1.807, 2.05) is 24.3 Å². The van der Waals surface area contributed by atoms with Crippen molar-refractivity contribution >= 4 is 33.4 Å². The van der Waals surface area contributed by atoms with Crippen molar-refractivity contribution in [2.45, 2.75) is 58.4 Å². The fraction of sp³-hybridized carbons (Fsp3) is 0.600. The SMILES string of the molecule is C[C@]12C=CC(=O)N[C@@H]1CC[C@@H]1[C@@H]2CC[C@]2(C)[C@@H](C(=O)Nc3cccc(Br)c3)CC[C@@H]12. The number of halogens is 1. The molecule has 1 aliphatic heterocycles. The first-order valence-electron chi connectivity index (χ1n) is 11.4. The molecule has 4 aliphatic rings. The molecule has 3 aliphatic carbocycles. The van der Waals surface area contributed by atoms with Crippen LogP contribution in [0.15, 0.2) is 40.9 Å². The van der Waals surface area contributed by atoms with Gasteiger partial charge in [0.25, 0.3) is 0 Å². The van der Waals surface area contributed by atoms with Crippen LogP contribution in [0.5, 0.6) is 0 Å². The molecule has 3 fully saturated rings. The van der Waals surface area contributed by atoms with E-state index in [4.69, 9.17) is 0 Å². The molecule has 30 heavy (non-hydrogen) atoms. The first-order chi connectivity index (χ1) is 14.3. The van der Waals surface area contributed by atoms with Gasteiger partial charge in [-0.2, -0.15) is 0 Å². The summed E-state index contributed by atoms with van der Waals surface area (Å²) in [5.41, 5.74) is 0.989. The number of hydrogen-bond acceptors (Lipinski definition) is 2. The Morgan fingerprint density at radius 3 is 2.77 bits per heavy atom. The van der Waals surface area contributed by atoms with E-state index < -0.39 is 0 Å². The normalized spacial score (nSPS) is 42.0. The molecule has 1 heterocycles. The summed E-state index contributed by atoms with van der Waals surface area (Å²) in [4.78, 5) is 25.2. The number of carbonyl (C=O) groups excluding carboxylic acids is 2. The highest BCUT2D eigenvalue weighted by atomic mass is 79.9. The summed E-state index contributed by atoms with van der Waals surface area (Å²) < 4.78 is 0.981. The molecule has 0 unspecified atom stereocenters. The summed E-state index contributed by atoms with van der Waals surface area (Å²) in [6.07, 6.45) is 10.5. The van der Waals surface area contributed by atoms with Crippen LogP contribution in [-0.2, 0) is 9.59 Å². The maximum atomic E-state index is 13.3. The number of benzene rings is 1. The molecule has 160 valence electrons. The molecule has 0 aromatic heterocycles. The van der Waals surface area contributed by atoms with Crippen molar-refractivity contribution in [2.75, 3.05) is 5.32 Å². The van der Waals surface area contributed by atoms with Crippen molar-refractivity contribution in [3.05, 3.63) is 40.9 Å². The molecule has 5 rings (SSSR count). The molecule has 0 spiro atoms. The van der Waals surface area contributed by atoms with Gasteiger partial charge in [-0.1, -0.05) is 41.9 Å². The van der Waals surface area contributed by atoms with E-state index in [0.29, 0.717) is 17.8 Å². The van der Waals surface area contributed by atoms with Gasteiger partial charge in [0, 0.05) is 27.5 Å². The zero-order valence-electron chi connectivity index (χ0n) is 17.8. The number of rotatable bonds is 2. The average Bonchev–Trinajstić information content (AvgIpc) is 3.06. The Balaban J connectivity index is 1.37. The predicted molar refractivity (Wildman–Crippen MR) is 122 cm³/mol. The van der Waals surface area contributed by atoms with Crippen molar-refractivity contribution < 1.29 is 9.59 Å². The fourth-order valence-electron chi connectivity index (χ4n) is 7.56. The summed E-state index contributed by atoms with van der Waals surface area (Å²) in [6.45, 7) is 4.72. The summed E-state index contributed by atoms with van der Waals surface area (Å²) >= 11 is 3.49. The maximum absolute atomic E-state index is 13.3. The van der Waals surface area contributed by atoms with Gasteiger partial charge in [0.05, 0.1) is 0 Å². The Morgan fingerprint density at radius 2 is 1.97 bits per heavy atom. The highest BCUT2D eigenvalue weighted by Crippen LogP contribution is 2.65. The molecule has 2 N–H and O–H groups in total. The minimum absolute atomic E-state index is 0.0504. The lowest BCUT2D eigenvalue weighted by atomic mass is 9.48. The van der Waals surface area contributed by atoms with Crippen LogP contribution in [0.3, 0.4) is 0 Å². The first kappa shape index (κ1) is 20.3. The topological polar surface area (TPSA) is 58.2 Å².